The van der Waals surface area contributed by atoms with Crippen LogP contribution in [0.15, 0.2) is 33.0 Å². The van der Waals surface area contributed by atoms with Gasteiger partial charge in [-0.1, -0.05) is 0 Å². The van der Waals surface area contributed by atoms with Crippen LogP contribution in [0.4, 0.5) is 5.95 Å². The van der Waals surface area contributed by atoms with E-state index < -0.39 is 79.4 Å². The van der Waals surface area contributed by atoms with E-state index >= 15 is 0 Å². The average molecular weight is 687 g/mol. The Balaban J connectivity index is 1.36. The second kappa shape index (κ2) is 14.1. The predicted octanol–water partition coefficient (Wildman–Crippen LogP) is -2.02. The summed E-state index contributed by atoms with van der Waals surface area (Å²) < 4.78 is 53.8. The molecule has 3 aromatic heterocycles. The van der Waals surface area contributed by atoms with Crippen molar-refractivity contribution < 1.29 is 47.0 Å². The summed E-state index contributed by atoms with van der Waals surface area (Å²) in [5.41, 5.74) is 3.83. The number of nitrogens with one attached hydrogen (secondary N) is 3. The highest BCUT2D eigenvalue weighted by atomic mass is 31.2. The second-order valence-corrected chi connectivity index (χ2v) is 12.2. The van der Waals surface area contributed by atoms with Gasteiger partial charge in [0.2, 0.25) is 11.9 Å². The van der Waals surface area contributed by atoms with Gasteiger partial charge in [0.1, 0.15) is 24.4 Å². The number of carbonyl (C=O) groups excluding carboxylic acids is 1. The van der Waals surface area contributed by atoms with Crippen molar-refractivity contribution in [2.75, 3.05) is 47.3 Å². The summed E-state index contributed by atoms with van der Waals surface area (Å²) in [6, 6.07) is 1.16. The van der Waals surface area contributed by atoms with E-state index in [2.05, 4.69) is 29.8 Å². The number of nitrogen functional groups attached to an aromatic ring is 1. The molecule has 2 fully saturated rings. The fourth-order valence-electron chi connectivity index (χ4n) is 5.80. The number of amides is 1. The lowest BCUT2D eigenvalue weighted by molar-refractivity contribution is -0.124. The molecule has 5 unspecified atom stereocenters. The summed E-state index contributed by atoms with van der Waals surface area (Å²) in [7, 11) is 0.536. The largest absolute Gasteiger partial charge is 0.472 e. The maximum absolute atomic E-state index is 13.4. The summed E-state index contributed by atoms with van der Waals surface area (Å²) in [6.45, 7) is -0.177. The van der Waals surface area contributed by atoms with Crippen molar-refractivity contribution in [2.24, 2.45) is 5.92 Å². The molecule has 0 saturated carbocycles. The van der Waals surface area contributed by atoms with E-state index in [-0.39, 0.29) is 36.7 Å². The average Bonchev–Trinajstić information content (AvgIpc) is 3.69. The van der Waals surface area contributed by atoms with Gasteiger partial charge < -0.3 is 39.6 Å². The number of nitrogens with zero attached hydrogens (tertiary/aromatic N) is 4. The van der Waals surface area contributed by atoms with Crippen molar-refractivity contribution >= 4 is 30.8 Å². The first-order valence-corrected chi connectivity index (χ1v) is 15.6. The van der Waals surface area contributed by atoms with Crippen molar-refractivity contribution in [1.82, 2.24) is 34.4 Å². The number of nitrogens with two attached hydrogens (primary N) is 1. The molecule has 9 atom stereocenters. The Hall–Kier alpha value is -3.79. The van der Waals surface area contributed by atoms with Gasteiger partial charge in [-0.2, -0.15) is 4.98 Å². The van der Waals surface area contributed by atoms with Crippen LogP contribution in [0.3, 0.4) is 0 Å². The molecule has 3 aromatic rings. The fraction of sp³-hybridized carbons (Fsp3) is 0.600. The van der Waals surface area contributed by atoms with Crippen LogP contribution in [0, 0.1) is 5.92 Å². The second-order valence-electron chi connectivity index (χ2n) is 10.7. The lowest BCUT2D eigenvalue weighted by Crippen LogP contribution is -2.43. The molecule has 2 aliphatic rings. The lowest BCUT2D eigenvalue weighted by Gasteiger charge is -2.25. The van der Waals surface area contributed by atoms with Crippen molar-refractivity contribution in [3.8, 4) is 0 Å². The van der Waals surface area contributed by atoms with Gasteiger partial charge in [-0.05, 0) is 0 Å². The van der Waals surface area contributed by atoms with Gasteiger partial charge in [0.05, 0.1) is 19.0 Å². The third kappa shape index (κ3) is 7.08. The zero-order valence-electron chi connectivity index (χ0n) is 25.6. The summed E-state index contributed by atoms with van der Waals surface area (Å²) >= 11 is 0. The molecule has 2 saturated heterocycles. The maximum Gasteiger partial charge on any atom is 0.472 e. The van der Waals surface area contributed by atoms with Gasteiger partial charge in [-0.3, -0.25) is 42.5 Å². The summed E-state index contributed by atoms with van der Waals surface area (Å²) in [5, 5.41) is 2.74. The van der Waals surface area contributed by atoms with Gasteiger partial charge in [-0.15, -0.1) is 0 Å². The number of phosphoric ester groups is 1. The highest BCUT2D eigenvalue weighted by Gasteiger charge is 2.51. The molecule has 0 bridgehead atoms. The smallest absolute Gasteiger partial charge is 0.382 e. The number of ether oxygens (including phenoxy) is 5. The van der Waals surface area contributed by atoms with E-state index in [4.69, 9.17) is 33.9 Å². The molecule has 0 aliphatic carbocycles. The number of aromatic amines is 2. The zero-order valence-corrected chi connectivity index (χ0v) is 26.5. The highest BCUT2D eigenvalue weighted by molar-refractivity contribution is 7.47. The van der Waals surface area contributed by atoms with Crippen LogP contribution in [0.2, 0.25) is 0 Å². The topological polar surface area (TPSA) is 275 Å². The van der Waals surface area contributed by atoms with Crippen LogP contribution < -0.4 is 27.9 Å². The van der Waals surface area contributed by atoms with Crippen molar-refractivity contribution in [1.29, 1.82) is 0 Å². The van der Waals surface area contributed by atoms with Gasteiger partial charge in [-0.25, -0.2) is 14.3 Å². The van der Waals surface area contributed by atoms with Gasteiger partial charge in [0.25, 0.3) is 11.1 Å². The molecule has 5 rings (SSSR count). The standard InChI is InChI=1S/C25H35N8O13P/c1-40-9-13-11(17(41-2)22(45-13)32-6-5-14(34)29-25(32)37)7-15(35)27-8-12-18(46-47(38,39)43-4)19(42-3)23(44-12)33-10-28-16-20(33)30-24(26)31-21(16)36/h5-6,10-13,17-19,22-23H,7-9H2,1-4H3,(H,27,35)(H,38,39)(H,29,34,37)(H3,26,30,31,36)/t11?,12-,13-,17?,18?,19?,22-,23-/m1/s1. The molecule has 47 heavy (non-hydrogen) atoms. The first kappa shape index (κ1) is 34.5. The van der Waals surface area contributed by atoms with E-state index in [1.807, 2.05) is 0 Å². The number of rotatable bonds is 13. The van der Waals surface area contributed by atoms with Gasteiger partial charge in [0, 0.05) is 59.6 Å². The number of aromatic nitrogens is 6. The highest BCUT2D eigenvalue weighted by Crippen LogP contribution is 2.48. The number of phosphoric acid groups is 1. The monoisotopic (exact) mass is 686 g/mol. The van der Waals surface area contributed by atoms with Crippen LogP contribution in [-0.2, 0) is 42.1 Å². The quantitative estimate of drug-likeness (QED) is 0.121. The van der Waals surface area contributed by atoms with Crippen LogP contribution in [-0.4, -0.2) is 112 Å². The molecule has 22 heteroatoms. The first-order valence-electron chi connectivity index (χ1n) is 14.1. The van der Waals surface area contributed by atoms with Crippen molar-refractivity contribution in [3.63, 3.8) is 0 Å². The van der Waals surface area contributed by atoms with Gasteiger partial charge in [0.15, 0.2) is 23.6 Å². The number of carbonyl (C=O) groups is 1. The fourth-order valence-corrected chi connectivity index (χ4v) is 6.45. The van der Waals surface area contributed by atoms with E-state index in [1.165, 1.54) is 38.4 Å². The number of hydrogen-bond donors (Lipinski definition) is 5. The molecule has 0 aromatic carbocycles. The normalized spacial score (nSPS) is 28.9. The molecule has 1 amide bonds. The van der Waals surface area contributed by atoms with E-state index in [9.17, 15) is 28.6 Å². The van der Waals surface area contributed by atoms with Crippen LogP contribution in [0.1, 0.15) is 18.9 Å². The van der Waals surface area contributed by atoms with E-state index in [1.54, 1.807) is 0 Å². The summed E-state index contributed by atoms with van der Waals surface area (Å²) in [5.74, 6) is -1.29. The minimum absolute atomic E-state index is 0.0453. The molecule has 21 nitrogen and oxygen atoms in total. The Kier molecular flexibility index (Phi) is 10.4. The minimum atomic E-state index is -4.61. The number of fused-ring (bicyclic) bond motifs is 1. The molecule has 0 spiro atoms. The summed E-state index contributed by atoms with van der Waals surface area (Å²) in [4.78, 5) is 72.7. The molecular formula is C25H35N8O13P. The Morgan fingerprint density at radius 2 is 1.77 bits per heavy atom. The minimum Gasteiger partial charge on any atom is -0.382 e. The number of H-pyrrole nitrogens is 2. The molecular weight excluding hydrogens is 651 g/mol. The molecule has 2 aliphatic heterocycles. The molecule has 0 radical (unpaired) electrons. The van der Waals surface area contributed by atoms with Crippen molar-refractivity contribution in [3.05, 3.63) is 49.8 Å². The van der Waals surface area contributed by atoms with E-state index in [0.717, 1.165) is 17.7 Å². The van der Waals surface area contributed by atoms with Gasteiger partial charge >= 0.3 is 13.5 Å². The lowest BCUT2D eigenvalue weighted by atomic mass is 9.93. The van der Waals surface area contributed by atoms with Crippen molar-refractivity contribution in [2.45, 2.75) is 49.4 Å². The van der Waals surface area contributed by atoms with Crippen LogP contribution in [0.5, 0.6) is 0 Å². The SMILES string of the molecule is COC[C@H]1O[C@@H](n2ccc(=O)[nH]c2=O)C(OC)C1CC(=O)NC[C@H]1O[C@@H](n2cnc3c(=O)[nH]c(N)nc32)C(OC)C1OP(=O)(O)OC. The number of hydrogen-bond acceptors (Lipinski definition) is 15. The number of anilines is 1. The molecule has 6 N–H and O–H groups in total. The number of imidazole rings is 1. The molecule has 5 heterocycles. The number of methoxy groups -OCH3 is 3. The Bertz CT molecular complexity index is 1810. The Labute approximate surface area is 264 Å². The third-order valence-electron chi connectivity index (χ3n) is 7.91. The van der Waals surface area contributed by atoms with Crippen LogP contribution >= 0.6 is 7.82 Å². The summed E-state index contributed by atoms with van der Waals surface area (Å²) in [6.07, 6.45) is -4.65. The third-order valence-corrected chi connectivity index (χ3v) is 8.88. The predicted molar refractivity (Wildman–Crippen MR) is 158 cm³/mol. The first-order chi connectivity index (χ1) is 22.4. The zero-order chi connectivity index (χ0) is 34.0. The van der Waals surface area contributed by atoms with E-state index in [0.29, 0.717) is 0 Å². The molecule has 258 valence electrons. The Morgan fingerprint density at radius 1 is 1.06 bits per heavy atom. The Morgan fingerprint density at radius 3 is 2.43 bits per heavy atom. The maximum atomic E-state index is 13.4. The van der Waals surface area contributed by atoms with Crippen LogP contribution in [0.25, 0.3) is 11.2 Å².